The van der Waals surface area contributed by atoms with Gasteiger partial charge in [0, 0.05) is 0 Å². The van der Waals surface area contributed by atoms with Crippen LogP contribution in [-0.2, 0) is 9.59 Å². The lowest BCUT2D eigenvalue weighted by Gasteiger charge is -2.15. The van der Waals surface area contributed by atoms with Crippen molar-refractivity contribution >= 4 is 11.9 Å². The predicted molar refractivity (Wildman–Crippen MR) is 55.9 cm³/mol. The number of aliphatic hydroxyl groups excluding tert-OH is 1. The third-order valence-corrected chi connectivity index (χ3v) is 3.06. The van der Waals surface area contributed by atoms with Gasteiger partial charge in [-0.3, -0.25) is 4.79 Å². The normalized spacial score (nSPS) is 31.8. The van der Waals surface area contributed by atoms with Crippen LogP contribution in [0.15, 0.2) is 12.2 Å². The van der Waals surface area contributed by atoms with Gasteiger partial charge in [-0.2, -0.15) is 0 Å². The SMILES string of the molecule is CC(O)C(=O)O.O=C(O)C12C=CC(CC1)C2. The summed E-state index contributed by atoms with van der Waals surface area (Å²) in [7, 11) is 0. The maximum atomic E-state index is 10.7. The molecule has 2 aliphatic carbocycles. The van der Waals surface area contributed by atoms with Crippen LogP contribution in [-0.4, -0.2) is 33.4 Å². The molecule has 1 saturated carbocycles. The van der Waals surface area contributed by atoms with Gasteiger partial charge in [-0.25, -0.2) is 4.79 Å². The largest absolute Gasteiger partial charge is 0.481 e. The molecule has 0 amide bonds. The molecule has 0 aromatic rings. The lowest BCUT2D eigenvalue weighted by Crippen LogP contribution is -2.23. The molecule has 5 nitrogen and oxygen atoms in total. The number of rotatable bonds is 2. The molecule has 16 heavy (non-hydrogen) atoms. The minimum Gasteiger partial charge on any atom is -0.481 e. The van der Waals surface area contributed by atoms with Crippen LogP contribution < -0.4 is 0 Å². The van der Waals surface area contributed by atoms with Gasteiger partial charge in [0.15, 0.2) is 0 Å². The molecule has 0 spiro atoms. The molecule has 3 atom stereocenters. The Labute approximate surface area is 93.4 Å². The maximum Gasteiger partial charge on any atom is 0.332 e. The highest BCUT2D eigenvalue weighted by Crippen LogP contribution is 2.49. The van der Waals surface area contributed by atoms with Gasteiger partial charge in [-0.05, 0) is 32.1 Å². The maximum absolute atomic E-state index is 10.7. The van der Waals surface area contributed by atoms with Gasteiger partial charge in [-0.15, -0.1) is 0 Å². The Bertz CT molecular complexity index is 320. The van der Waals surface area contributed by atoms with E-state index in [0.29, 0.717) is 5.92 Å². The number of aliphatic hydroxyl groups is 1. The Morgan fingerprint density at radius 3 is 2.12 bits per heavy atom. The quantitative estimate of drug-likeness (QED) is 0.610. The molecular formula is C11H16O5. The van der Waals surface area contributed by atoms with Crippen molar-refractivity contribution in [3.05, 3.63) is 12.2 Å². The summed E-state index contributed by atoms with van der Waals surface area (Å²) in [6.07, 6.45) is 5.47. The molecule has 2 bridgehead atoms. The molecule has 2 rings (SSSR count). The summed E-state index contributed by atoms with van der Waals surface area (Å²) < 4.78 is 0. The molecule has 0 aromatic carbocycles. The van der Waals surface area contributed by atoms with Crippen molar-refractivity contribution in [1.82, 2.24) is 0 Å². The van der Waals surface area contributed by atoms with Crippen LogP contribution in [0, 0.1) is 11.3 Å². The molecule has 0 heterocycles. The fourth-order valence-corrected chi connectivity index (χ4v) is 2.02. The third-order valence-electron chi connectivity index (χ3n) is 3.06. The van der Waals surface area contributed by atoms with E-state index in [9.17, 15) is 9.59 Å². The number of hydrogen-bond donors (Lipinski definition) is 3. The number of hydrogen-bond acceptors (Lipinski definition) is 3. The summed E-state index contributed by atoms with van der Waals surface area (Å²) in [6, 6.07) is 0. The van der Waals surface area contributed by atoms with E-state index in [1.165, 1.54) is 6.92 Å². The molecule has 90 valence electrons. The van der Waals surface area contributed by atoms with Crippen LogP contribution in [0.3, 0.4) is 0 Å². The first-order valence-corrected chi connectivity index (χ1v) is 5.21. The van der Waals surface area contributed by atoms with E-state index < -0.39 is 23.5 Å². The van der Waals surface area contributed by atoms with E-state index in [2.05, 4.69) is 6.08 Å². The molecule has 1 fully saturated rings. The molecule has 0 saturated heterocycles. The predicted octanol–water partition coefficient (Wildman–Crippen LogP) is 0.879. The van der Waals surface area contributed by atoms with E-state index in [0.717, 1.165) is 19.3 Å². The van der Waals surface area contributed by atoms with Crippen molar-refractivity contribution in [2.45, 2.75) is 32.3 Å². The first kappa shape index (κ1) is 12.7. The van der Waals surface area contributed by atoms with Crippen LogP contribution in [0.4, 0.5) is 0 Å². The number of fused-ring (bicyclic) bond motifs is 2. The van der Waals surface area contributed by atoms with Gasteiger partial charge >= 0.3 is 11.9 Å². The van der Waals surface area contributed by atoms with Crippen LogP contribution in [0.2, 0.25) is 0 Å². The van der Waals surface area contributed by atoms with E-state index in [-0.39, 0.29) is 0 Å². The zero-order chi connectivity index (χ0) is 12.3. The first-order valence-electron chi connectivity index (χ1n) is 5.21. The van der Waals surface area contributed by atoms with Crippen molar-refractivity contribution in [3.63, 3.8) is 0 Å². The number of carboxylic acid groups (broad SMARTS) is 2. The average Bonchev–Trinajstić information content (AvgIpc) is 2.79. The molecule has 0 aromatic heterocycles. The summed E-state index contributed by atoms with van der Waals surface area (Å²) in [5.74, 6) is -1.25. The fourth-order valence-electron chi connectivity index (χ4n) is 2.02. The van der Waals surface area contributed by atoms with Crippen molar-refractivity contribution in [2.24, 2.45) is 11.3 Å². The first-order chi connectivity index (χ1) is 7.37. The summed E-state index contributed by atoms with van der Waals surface area (Å²) in [5, 5.41) is 24.6. The zero-order valence-electron chi connectivity index (χ0n) is 9.09. The standard InChI is InChI=1S/C8H10O2.C3H6O3/c9-7(10)8-3-1-6(5-8)2-4-8;1-2(4)3(5)6/h1,3,6H,2,4-5H2,(H,9,10);2,4H,1H3,(H,5,6). The highest BCUT2D eigenvalue weighted by molar-refractivity contribution is 5.78. The van der Waals surface area contributed by atoms with Crippen LogP contribution in [0.5, 0.6) is 0 Å². The summed E-state index contributed by atoms with van der Waals surface area (Å²) in [6.45, 7) is 1.20. The van der Waals surface area contributed by atoms with Gasteiger partial charge in [-0.1, -0.05) is 12.2 Å². The molecule has 0 radical (unpaired) electrons. The van der Waals surface area contributed by atoms with Crippen molar-refractivity contribution in [1.29, 1.82) is 0 Å². The molecule has 3 N–H and O–H groups in total. The van der Waals surface area contributed by atoms with E-state index >= 15 is 0 Å². The summed E-state index contributed by atoms with van der Waals surface area (Å²) in [4.78, 5) is 20.2. The number of carboxylic acids is 2. The van der Waals surface area contributed by atoms with E-state index in [4.69, 9.17) is 15.3 Å². The van der Waals surface area contributed by atoms with Crippen LogP contribution in [0.25, 0.3) is 0 Å². The highest BCUT2D eigenvalue weighted by atomic mass is 16.4. The zero-order valence-corrected chi connectivity index (χ0v) is 9.09. The molecule has 5 heteroatoms. The fraction of sp³-hybridized carbons (Fsp3) is 0.636. The van der Waals surface area contributed by atoms with Gasteiger partial charge in [0.25, 0.3) is 0 Å². The monoisotopic (exact) mass is 228 g/mol. The van der Waals surface area contributed by atoms with Crippen molar-refractivity contribution < 1.29 is 24.9 Å². The number of aliphatic carboxylic acids is 2. The lowest BCUT2D eigenvalue weighted by atomic mass is 9.88. The summed E-state index contributed by atoms with van der Waals surface area (Å²) in [5.41, 5.74) is -0.454. The second-order valence-electron chi connectivity index (χ2n) is 4.34. The Kier molecular flexibility index (Phi) is 3.70. The Morgan fingerprint density at radius 2 is 2.00 bits per heavy atom. The Morgan fingerprint density at radius 1 is 1.44 bits per heavy atom. The third kappa shape index (κ3) is 2.61. The average molecular weight is 228 g/mol. The molecule has 2 aliphatic rings. The Hall–Kier alpha value is -1.36. The summed E-state index contributed by atoms with van der Waals surface area (Å²) >= 11 is 0. The lowest BCUT2D eigenvalue weighted by molar-refractivity contribution is -0.146. The van der Waals surface area contributed by atoms with Crippen molar-refractivity contribution in [3.8, 4) is 0 Å². The smallest absolute Gasteiger partial charge is 0.332 e. The van der Waals surface area contributed by atoms with Crippen molar-refractivity contribution in [2.75, 3.05) is 0 Å². The minimum absolute atomic E-state index is 0.454. The molecule has 3 unspecified atom stereocenters. The van der Waals surface area contributed by atoms with Crippen LogP contribution in [0.1, 0.15) is 26.2 Å². The molecule has 0 aliphatic heterocycles. The van der Waals surface area contributed by atoms with Crippen LogP contribution >= 0.6 is 0 Å². The minimum atomic E-state index is -1.23. The van der Waals surface area contributed by atoms with Gasteiger partial charge in [0.05, 0.1) is 5.41 Å². The van der Waals surface area contributed by atoms with E-state index in [1.807, 2.05) is 6.08 Å². The Balaban J connectivity index is 0.000000187. The highest BCUT2D eigenvalue weighted by Gasteiger charge is 2.46. The van der Waals surface area contributed by atoms with Gasteiger partial charge < -0.3 is 15.3 Å². The van der Waals surface area contributed by atoms with Gasteiger partial charge in [0.1, 0.15) is 6.10 Å². The number of allylic oxidation sites excluding steroid dienone is 1. The second-order valence-corrected chi connectivity index (χ2v) is 4.34. The second kappa shape index (κ2) is 4.65. The number of carbonyl (C=O) groups is 2. The van der Waals surface area contributed by atoms with Gasteiger partial charge in [0.2, 0.25) is 0 Å². The van der Waals surface area contributed by atoms with E-state index in [1.54, 1.807) is 0 Å². The topological polar surface area (TPSA) is 94.8 Å². The molecular weight excluding hydrogens is 212 g/mol.